The number of esters is 1. The van der Waals surface area contributed by atoms with Crippen LogP contribution < -0.4 is 0 Å². The quantitative estimate of drug-likeness (QED) is 0.248. The molecule has 0 amide bonds. The Morgan fingerprint density at radius 3 is 2.50 bits per heavy atom. The summed E-state index contributed by atoms with van der Waals surface area (Å²) in [4.78, 5) is 10.7. The van der Waals surface area contributed by atoms with Crippen molar-refractivity contribution in [3.8, 4) is 0 Å². The maximum absolute atomic E-state index is 12.2. The minimum Gasteiger partial charge on any atom is -0.460 e. The molecule has 0 aliphatic rings. The number of hydrogen-bond donors (Lipinski definition) is 0. The maximum Gasteiger partial charge on any atom is 0.366 e. The van der Waals surface area contributed by atoms with Crippen molar-refractivity contribution in [2.75, 3.05) is 6.61 Å². The summed E-state index contributed by atoms with van der Waals surface area (Å²) in [6.45, 7) is 5.15. The van der Waals surface area contributed by atoms with Gasteiger partial charge >= 0.3 is 5.97 Å². The van der Waals surface area contributed by atoms with Gasteiger partial charge in [0, 0.05) is 0 Å². The van der Waals surface area contributed by atoms with E-state index in [0.717, 1.165) is 25.7 Å². The molecule has 0 aliphatic heterocycles. The number of carbonyl (C=O) groups is 1. The van der Waals surface area contributed by atoms with Crippen LogP contribution in [0.15, 0.2) is 36.7 Å². The van der Waals surface area contributed by atoms with Gasteiger partial charge in [-0.05, 0) is 26.2 Å². The third-order valence-electron chi connectivity index (χ3n) is 2.41. The number of halogens is 1. The lowest BCUT2D eigenvalue weighted by molar-refractivity contribution is -0.140. The number of carbonyl (C=O) groups excluding carboxylic acids is 1. The molecule has 0 aromatic carbocycles. The second-order valence-electron chi connectivity index (χ2n) is 4.05. The first-order chi connectivity index (χ1) is 8.68. The predicted molar refractivity (Wildman–Crippen MR) is 72.9 cm³/mol. The fourth-order valence-electron chi connectivity index (χ4n) is 1.42. The summed E-state index contributed by atoms with van der Waals surface area (Å²) in [5, 5.41) is 0. The molecule has 0 aromatic heterocycles. The highest BCUT2D eigenvalue weighted by Crippen LogP contribution is 2.06. The van der Waals surface area contributed by atoms with E-state index in [1.165, 1.54) is 12.8 Å². The molecule has 0 saturated heterocycles. The van der Waals surface area contributed by atoms with Crippen molar-refractivity contribution < 1.29 is 13.9 Å². The smallest absolute Gasteiger partial charge is 0.366 e. The predicted octanol–water partition coefficient (Wildman–Crippen LogP) is 4.49. The van der Waals surface area contributed by atoms with E-state index in [1.807, 2.05) is 19.1 Å². The molecular weight excluding hydrogens is 231 g/mol. The highest BCUT2D eigenvalue weighted by atomic mass is 19.1. The van der Waals surface area contributed by atoms with Crippen LogP contribution in [0.4, 0.5) is 4.39 Å². The van der Waals surface area contributed by atoms with E-state index in [1.54, 1.807) is 0 Å². The topological polar surface area (TPSA) is 26.3 Å². The van der Waals surface area contributed by atoms with Gasteiger partial charge in [-0.15, -0.1) is 0 Å². The third-order valence-corrected chi connectivity index (χ3v) is 2.41. The zero-order valence-electron chi connectivity index (χ0n) is 11.2. The van der Waals surface area contributed by atoms with Gasteiger partial charge in [0.05, 0.1) is 6.61 Å². The zero-order valence-corrected chi connectivity index (χ0v) is 11.2. The van der Waals surface area contributed by atoms with Gasteiger partial charge in [0.25, 0.3) is 0 Å². The van der Waals surface area contributed by atoms with Crippen molar-refractivity contribution >= 4 is 5.97 Å². The van der Waals surface area contributed by atoms with E-state index >= 15 is 0 Å². The number of rotatable bonds is 10. The van der Waals surface area contributed by atoms with Crippen molar-refractivity contribution in [3.63, 3.8) is 0 Å². The molecule has 0 N–H and O–H groups in total. The molecule has 18 heavy (non-hydrogen) atoms. The molecule has 0 aromatic rings. The second-order valence-corrected chi connectivity index (χ2v) is 4.05. The van der Waals surface area contributed by atoms with Crippen molar-refractivity contribution in [1.82, 2.24) is 0 Å². The Labute approximate surface area is 109 Å². The first-order valence-electron chi connectivity index (χ1n) is 6.48. The number of ether oxygens (including phenoxy) is 1. The van der Waals surface area contributed by atoms with Crippen molar-refractivity contribution in [2.45, 2.75) is 45.4 Å². The summed E-state index contributed by atoms with van der Waals surface area (Å²) in [5.74, 6) is -1.97. The highest BCUT2D eigenvalue weighted by Gasteiger charge is 2.05. The van der Waals surface area contributed by atoms with E-state index in [4.69, 9.17) is 0 Å². The summed E-state index contributed by atoms with van der Waals surface area (Å²) in [7, 11) is 0. The molecule has 0 aliphatic carbocycles. The van der Waals surface area contributed by atoms with Gasteiger partial charge in [0.2, 0.25) is 5.83 Å². The Morgan fingerprint density at radius 1 is 1.17 bits per heavy atom. The Bertz CT molecular complexity index is 293. The molecule has 0 fully saturated rings. The molecule has 0 atom stereocenters. The summed E-state index contributed by atoms with van der Waals surface area (Å²) in [6.07, 6.45) is 14.6. The highest BCUT2D eigenvalue weighted by molar-refractivity contribution is 5.85. The second kappa shape index (κ2) is 12.1. The average molecular weight is 254 g/mol. The molecule has 0 radical (unpaired) electrons. The molecule has 0 unspecified atom stereocenters. The molecule has 2 nitrogen and oxygen atoms in total. The van der Waals surface area contributed by atoms with Crippen molar-refractivity contribution in [1.29, 1.82) is 0 Å². The van der Waals surface area contributed by atoms with Crippen molar-refractivity contribution in [3.05, 3.63) is 36.7 Å². The van der Waals surface area contributed by atoms with Crippen LogP contribution in [0.1, 0.15) is 45.4 Å². The molecule has 0 saturated carbocycles. The SMILES string of the molecule is C=C(F)C(=O)OCCCCCCCC=CC=CC. The van der Waals surface area contributed by atoms with E-state index in [0.29, 0.717) is 0 Å². The van der Waals surface area contributed by atoms with Crippen LogP contribution in [-0.4, -0.2) is 12.6 Å². The molecule has 3 heteroatoms. The van der Waals surface area contributed by atoms with Crippen LogP contribution in [0.5, 0.6) is 0 Å². The largest absolute Gasteiger partial charge is 0.460 e. The summed E-state index contributed by atoms with van der Waals surface area (Å²) in [5.41, 5.74) is 0. The summed E-state index contributed by atoms with van der Waals surface area (Å²) >= 11 is 0. The van der Waals surface area contributed by atoms with Gasteiger partial charge in [-0.2, -0.15) is 4.39 Å². The lowest BCUT2D eigenvalue weighted by Crippen LogP contribution is -2.05. The lowest BCUT2D eigenvalue weighted by atomic mass is 10.1. The fourth-order valence-corrected chi connectivity index (χ4v) is 1.42. The van der Waals surface area contributed by atoms with Gasteiger partial charge in [-0.3, -0.25) is 0 Å². The van der Waals surface area contributed by atoms with Crippen LogP contribution in [0.25, 0.3) is 0 Å². The van der Waals surface area contributed by atoms with Gasteiger partial charge in [0.15, 0.2) is 0 Å². The minimum atomic E-state index is -1.03. The van der Waals surface area contributed by atoms with Crippen molar-refractivity contribution in [2.24, 2.45) is 0 Å². The maximum atomic E-state index is 12.2. The van der Waals surface area contributed by atoms with Crippen LogP contribution >= 0.6 is 0 Å². The average Bonchev–Trinajstić information content (AvgIpc) is 2.35. The van der Waals surface area contributed by atoms with Gasteiger partial charge in [-0.1, -0.05) is 50.1 Å². The molecule has 0 rings (SSSR count). The standard InChI is InChI=1S/C15H23FO2/c1-3-4-5-6-7-8-9-10-11-12-13-18-15(17)14(2)16/h3-6H,2,7-13H2,1H3. The van der Waals surface area contributed by atoms with Gasteiger partial charge in [-0.25, -0.2) is 4.79 Å². The van der Waals surface area contributed by atoms with Crippen LogP contribution in [0.3, 0.4) is 0 Å². The number of hydrogen-bond acceptors (Lipinski definition) is 2. The van der Waals surface area contributed by atoms with Crippen LogP contribution in [0.2, 0.25) is 0 Å². The number of allylic oxidation sites excluding steroid dienone is 4. The Balaban J connectivity index is 3.21. The Hall–Kier alpha value is -1.38. The first-order valence-corrected chi connectivity index (χ1v) is 6.48. The monoisotopic (exact) mass is 254 g/mol. The van der Waals surface area contributed by atoms with Gasteiger partial charge in [0.1, 0.15) is 0 Å². The summed E-state index contributed by atoms with van der Waals surface area (Å²) < 4.78 is 16.9. The zero-order chi connectivity index (χ0) is 13.6. The van der Waals surface area contributed by atoms with E-state index in [-0.39, 0.29) is 6.61 Å². The lowest BCUT2D eigenvalue weighted by Gasteiger charge is -2.02. The van der Waals surface area contributed by atoms with Crippen LogP contribution in [-0.2, 0) is 9.53 Å². The molecule has 0 heterocycles. The van der Waals surface area contributed by atoms with E-state index in [9.17, 15) is 9.18 Å². The molecule has 0 spiro atoms. The molecular formula is C15H23FO2. The Kier molecular flexibility index (Phi) is 11.2. The minimum absolute atomic E-state index is 0.281. The normalized spacial score (nSPS) is 11.2. The first kappa shape index (κ1) is 16.6. The third kappa shape index (κ3) is 11.1. The Morgan fingerprint density at radius 2 is 1.83 bits per heavy atom. The number of unbranched alkanes of at least 4 members (excludes halogenated alkanes) is 5. The van der Waals surface area contributed by atoms with E-state index < -0.39 is 11.8 Å². The van der Waals surface area contributed by atoms with Gasteiger partial charge < -0.3 is 4.74 Å². The summed E-state index contributed by atoms with van der Waals surface area (Å²) in [6, 6.07) is 0. The fraction of sp³-hybridized carbons (Fsp3) is 0.533. The van der Waals surface area contributed by atoms with E-state index in [2.05, 4.69) is 23.5 Å². The van der Waals surface area contributed by atoms with Crippen LogP contribution in [0, 0.1) is 0 Å². The molecule has 102 valence electrons. The molecule has 0 bridgehead atoms.